The number of nitrogens with zero attached hydrogens (tertiary/aromatic N) is 1. The van der Waals surface area contributed by atoms with Crippen LogP contribution >= 0.6 is 0 Å². The molecule has 0 radical (unpaired) electrons. The van der Waals surface area contributed by atoms with Gasteiger partial charge < -0.3 is 24.3 Å². The highest BCUT2D eigenvalue weighted by Gasteiger charge is 2.31. The molecule has 27 heavy (non-hydrogen) atoms. The van der Waals surface area contributed by atoms with Crippen molar-refractivity contribution in [2.45, 2.75) is 12.5 Å². The summed E-state index contributed by atoms with van der Waals surface area (Å²) in [5, 5.41) is 15.1. The number of rotatable bonds is 6. The number of nitro benzene ring substituents is 1. The molecular weight excluding hydrogens is 352 g/mol. The predicted octanol–water partition coefficient (Wildman–Crippen LogP) is 2.86. The maximum Gasteiger partial charge on any atom is 0.278 e. The van der Waals surface area contributed by atoms with E-state index in [1.807, 2.05) is 12.1 Å². The fraction of sp³-hybridized carbons (Fsp3) is 0.368. The van der Waals surface area contributed by atoms with Crippen LogP contribution in [-0.4, -0.2) is 39.9 Å². The molecule has 1 N–H and O–H groups in total. The van der Waals surface area contributed by atoms with Crippen molar-refractivity contribution in [3.8, 4) is 23.0 Å². The number of methoxy groups -OCH3 is 4. The van der Waals surface area contributed by atoms with Crippen LogP contribution in [0.1, 0.15) is 22.7 Å². The van der Waals surface area contributed by atoms with Gasteiger partial charge in [0.1, 0.15) is 0 Å². The summed E-state index contributed by atoms with van der Waals surface area (Å²) in [5.74, 6) is 1.97. The molecule has 144 valence electrons. The second kappa shape index (κ2) is 7.71. The highest BCUT2D eigenvalue weighted by molar-refractivity contribution is 5.59. The molecule has 0 fully saturated rings. The van der Waals surface area contributed by atoms with Gasteiger partial charge in [0.05, 0.1) is 51.0 Å². The average molecular weight is 374 g/mol. The number of benzene rings is 2. The fourth-order valence-corrected chi connectivity index (χ4v) is 3.43. The summed E-state index contributed by atoms with van der Waals surface area (Å²) in [5.41, 5.74) is 2.44. The van der Waals surface area contributed by atoms with Gasteiger partial charge in [0.2, 0.25) is 0 Å². The normalized spacial score (nSPS) is 15.6. The summed E-state index contributed by atoms with van der Waals surface area (Å²) in [6.45, 7) is 0.679. The van der Waals surface area contributed by atoms with E-state index in [9.17, 15) is 10.1 Å². The molecule has 1 heterocycles. The second-order valence-corrected chi connectivity index (χ2v) is 6.07. The van der Waals surface area contributed by atoms with E-state index < -0.39 is 4.92 Å². The fourth-order valence-electron chi connectivity index (χ4n) is 3.43. The van der Waals surface area contributed by atoms with E-state index in [0.29, 0.717) is 35.1 Å². The van der Waals surface area contributed by atoms with Gasteiger partial charge in [-0.15, -0.1) is 0 Å². The van der Waals surface area contributed by atoms with Crippen LogP contribution in [0.5, 0.6) is 23.0 Å². The van der Waals surface area contributed by atoms with Gasteiger partial charge in [0, 0.05) is 6.54 Å². The number of hydrogen-bond donors (Lipinski definition) is 1. The van der Waals surface area contributed by atoms with Crippen LogP contribution < -0.4 is 24.3 Å². The molecule has 0 saturated heterocycles. The standard InChI is InChI=1S/C19H22N2O6/c1-24-15-7-11-5-6-20-19(12(11)8-16(15)25-2)13-9-17(26-3)18(27-4)10-14(13)21(22)23/h7-10,19-20H,5-6H2,1-4H3. The van der Waals surface area contributed by atoms with Crippen molar-refractivity contribution in [3.05, 3.63) is 51.1 Å². The van der Waals surface area contributed by atoms with Crippen LogP contribution in [0, 0.1) is 10.1 Å². The van der Waals surface area contributed by atoms with Crippen molar-refractivity contribution in [1.29, 1.82) is 0 Å². The lowest BCUT2D eigenvalue weighted by atomic mass is 9.88. The Bertz CT molecular complexity index is 868. The van der Waals surface area contributed by atoms with Gasteiger partial charge in [-0.05, 0) is 35.7 Å². The minimum Gasteiger partial charge on any atom is -0.493 e. The molecule has 2 aromatic carbocycles. The molecule has 8 nitrogen and oxygen atoms in total. The van der Waals surface area contributed by atoms with Gasteiger partial charge in [-0.25, -0.2) is 0 Å². The third kappa shape index (κ3) is 3.35. The Hall–Kier alpha value is -3.00. The first kappa shape index (κ1) is 18.8. The van der Waals surface area contributed by atoms with Gasteiger partial charge in [-0.2, -0.15) is 0 Å². The summed E-state index contributed by atoms with van der Waals surface area (Å²) in [6, 6.07) is 6.46. The largest absolute Gasteiger partial charge is 0.493 e. The van der Waals surface area contributed by atoms with Crippen molar-refractivity contribution >= 4 is 5.69 Å². The Morgan fingerprint density at radius 2 is 1.41 bits per heavy atom. The summed E-state index contributed by atoms with van der Waals surface area (Å²) in [4.78, 5) is 11.3. The first-order chi connectivity index (χ1) is 13.0. The molecule has 1 unspecified atom stereocenters. The topological polar surface area (TPSA) is 92.1 Å². The minimum atomic E-state index is -0.409. The Morgan fingerprint density at radius 3 is 1.96 bits per heavy atom. The predicted molar refractivity (Wildman–Crippen MR) is 99.3 cm³/mol. The second-order valence-electron chi connectivity index (χ2n) is 6.07. The van der Waals surface area contributed by atoms with Gasteiger partial charge >= 0.3 is 0 Å². The van der Waals surface area contributed by atoms with Gasteiger partial charge in [0.15, 0.2) is 23.0 Å². The summed E-state index contributed by atoms with van der Waals surface area (Å²) in [7, 11) is 6.10. The molecule has 0 aliphatic carbocycles. The molecule has 2 aromatic rings. The number of nitrogens with one attached hydrogen (secondary N) is 1. The number of hydrogen-bond acceptors (Lipinski definition) is 7. The quantitative estimate of drug-likeness (QED) is 0.614. The zero-order valence-corrected chi connectivity index (χ0v) is 15.7. The zero-order valence-electron chi connectivity index (χ0n) is 15.7. The number of ether oxygens (including phenoxy) is 4. The molecule has 0 amide bonds. The van der Waals surface area contributed by atoms with Crippen LogP contribution in [0.3, 0.4) is 0 Å². The third-order valence-electron chi connectivity index (χ3n) is 4.74. The number of fused-ring (bicyclic) bond motifs is 1. The van der Waals surface area contributed by atoms with Crippen molar-refractivity contribution in [2.75, 3.05) is 35.0 Å². The molecule has 0 bridgehead atoms. The van der Waals surface area contributed by atoms with Crippen molar-refractivity contribution in [3.63, 3.8) is 0 Å². The SMILES string of the molecule is COc1cc2c(cc1OC)C(c1cc(OC)c(OC)cc1[N+](=O)[O-])NCC2. The van der Waals surface area contributed by atoms with Crippen LogP contribution in [-0.2, 0) is 6.42 Å². The summed E-state index contributed by atoms with van der Waals surface area (Å²) in [6.07, 6.45) is 0.785. The van der Waals surface area contributed by atoms with Crippen LogP contribution in [0.25, 0.3) is 0 Å². The molecule has 3 rings (SSSR count). The van der Waals surface area contributed by atoms with E-state index in [1.54, 1.807) is 20.3 Å². The van der Waals surface area contributed by atoms with Crippen molar-refractivity contribution in [2.24, 2.45) is 0 Å². The Morgan fingerprint density at radius 1 is 0.889 bits per heavy atom. The van der Waals surface area contributed by atoms with Crippen LogP contribution in [0.4, 0.5) is 5.69 Å². The highest BCUT2D eigenvalue weighted by atomic mass is 16.6. The van der Waals surface area contributed by atoms with E-state index >= 15 is 0 Å². The van der Waals surface area contributed by atoms with E-state index in [-0.39, 0.29) is 11.7 Å². The Balaban J connectivity index is 2.20. The molecular formula is C19H22N2O6. The van der Waals surface area contributed by atoms with Gasteiger partial charge in [-0.1, -0.05) is 0 Å². The van der Waals surface area contributed by atoms with Crippen LogP contribution in [0.15, 0.2) is 24.3 Å². The molecule has 1 atom stereocenters. The highest BCUT2D eigenvalue weighted by Crippen LogP contribution is 2.43. The third-order valence-corrected chi connectivity index (χ3v) is 4.74. The van der Waals surface area contributed by atoms with E-state index in [2.05, 4.69) is 5.32 Å². The van der Waals surface area contributed by atoms with Gasteiger partial charge in [0.25, 0.3) is 5.69 Å². The lowest BCUT2D eigenvalue weighted by Crippen LogP contribution is -2.31. The molecule has 1 aliphatic rings. The molecule has 0 aromatic heterocycles. The first-order valence-corrected chi connectivity index (χ1v) is 8.42. The first-order valence-electron chi connectivity index (χ1n) is 8.42. The lowest BCUT2D eigenvalue weighted by Gasteiger charge is -2.28. The van der Waals surface area contributed by atoms with E-state index in [4.69, 9.17) is 18.9 Å². The smallest absolute Gasteiger partial charge is 0.278 e. The maximum atomic E-state index is 11.7. The average Bonchev–Trinajstić information content (AvgIpc) is 2.70. The number of nitro groups is 1. The van der Waals surface area contributed by atoms with Crippen LogP contribution in [0.2, 0.25) is 0 Å². The van der Waals surface area contributed by atoms with Crippen molar-refractivity contribution in [1.82, 2.24) is 5.32 Å². The molecule has 0 spiro atoms. The summed E-state index contributed by atoms with van der Waals surface area (Å²) < 4.78 is 21.4. The summed E-state index contributed by atoms with van der Waals surface area (Å²) >= 11 is 0. The molecule has 8 heteroatoms. The van der Waals surface area contributed by atoms with Crippen molar-refractivity contribution < 1.29 is 23.9 Å². The molecule has 0 saturated carbocycles. The Labute approximate surface area is 157 Å². The van der Waals surface area contributed by atoms with Gasteiger partial charge in [-0.3, -0.25) is 10.1 Å². The zero-order chi connectivity index (χ0) is 19.6. The monoisotopic (exact) mass is 374 g/mol. The minimum absolute atomic E-state index is 0.0345. The Kier molecular flexibility index (Phi) is 5.36. The van der Waals surface area contributed by atoms with E-state index in [0.717, 1.165) is 17.5 Å². The lowest BCUT2D eigenvalue weighted by molar-refractivity contribution is -0.385. The maximum absolute atomic E-state index is 11.7. The molecule has 1 aliphatic heterocycles. The van der Waals surface area contributed by atoms with E-state index in [1.165, 1.54) is 20.3 Å².